The van der Waals surface area contributed by atoms with Gasteiger partial charge in [-0.15, -0.1) is 0 Å². The van der Waals surface area contributed by atoms with Crippen LogP contribution in [-0.4, -0.2) is 21.4 Å². The van der Waals surface area contributed by atoms with Gasteiger partial charge in [-0.2, -0.15) is 0 Å². The van der Waals surface area contributed by atoms with E-state index in [0.717, 1.165) is 16.9 Å². The Hall–Kier alpha value is 0.188. The topological polar surface area (TPSA) is 52.1 Å². The third-order valence-electron chi connectivity index (χ3n) is 0. The molecule has 1 atom stereocenters. The first kappa shape index (κ1) is 8.95. The molecule has 3 N–H and O–H groups in total. The molecule has 32 valence electrons. The van der Waals surface area contributed by atoms with Gasteiger partial charge < -0.3 is 6.15 Å². The quantitative estimate of drug-likeness (QED) is 0.450. The van der Waals surface area contributed by atoms with Crippen molar-refractivity contribution in [3.05, 3.63) is 0 Å². The Balaban J connectivity index is 0. The van der Waals surface area contributed by atoms with Gasteiger partial charge in [-0.25, -0.2) is 0 Å². The summed E-state index contributed by atoms with van der Waals surface area (Å²) in [6.45, 7) is 1.56. The van der Waals surface area contributed by atoms with Crippen LogP contribution in [0.2, 0.25) is 0 Å². The summed E-state index contributed by atoms with van der Waals surface area (Å²) < 4.78 is 0.229. The smallest absolute Gasteiger partial charge is 0.344 e. The Morgan fingerprint density at radius 2 is 1.80 bits per heavy atom. The van der Waals surface area contributed by atoms with Crippen molar-refractivity contribution >= 4 is 21.4 Å². The van der Waals surface area contributed by atoms with Crippen LogP contribution in [0.15, 0.2) is 0 Å². The van der Waals surface area contributed by atoms with E-state index < -0.39 is 0 Å². The van der Waals surface area contributed by atoms with Crippen LogP contribution in [0.25, 0.3) is 0 Å². The van der Waals surface area contributed by atoms with Gasteiger partial charge in [0.25, 0.3) is 0 Å². The molecule has 0 aromatic rings. The average Bonchev–Trinajstić information content (AvgIpc) is 0.811. The Morgan fingerprint density at radius 3 is 1.80 bits per heavy atom. The molecular weight excluding hydrogens is 129 g/mol. The van der Waals surface area contributed by atoms with Gasteiger partial charge in [-0.3, -0.25) is 0 Å². The zero-order chi connectivity index (χ0) is 3.58. The van der Waals surface area contributed by atoms with Crippen molar-refractivity contribution in [2.45, 2.75) is 6.92 Å². The summed E-state index contributed by atoms with van der Waals surface area (Å²) in [4.78, 5) is 9.47. The van der Waals surface area contributed by atoms with Gasteiger partial charge >= 0.3 is 33.1 Å². The van der Waals surface area contributed by atoms with E-state index in [-0.39, 0.29) is 10.7 Å². The van der Waals surface area contributed by atoms with Gasteiger partial charge in [0.1, 0.15) is 0 Å². The maximum absolute atomic E-state index is 9.47. The molecule has 0 aliphatic carbocycles. The SMILES string of the molecule is CC(=O)[AsH2].N. The zero-order valence-electron chi connectivity index (χ0n) is 3.19. The van der Waals surface area contributed by atoms with Crippen molar-refractivity contribution in [1.82, 2.24) is 6.15 Å². The second kappa shape index (κ2) is 4.19. The predicted octanol–water partition coefficient (Wildman–Crippen LogP) is -0.672. The molecule has 0 aromatic carbocycles. The number of hydrogen-bond acceptors (Lipinski definition) is 2. The molecule has 2 nitrogen and oxygen atoms in total. The molecule has 0 fully saturated rings. The second-order valence-corrected chi connectivity index (χ2v) is 2.32. The third-order valence-corrected chi connectivity index (χ3v) is 0. The summed E-state index contributed by atoms with van der Waals surface area (Å²) in [6, 6.07) is 0. The van der Waals surface area contributed by atoms with E-state index in [1.165, 1.54) is 0 Å². The fraction of sp³-hybridized carbons (Fsp3) is 0.500. The summed E-state index contributed by atoms with van der Waals surface area (Å²) in [7, 11) is 0. The van der Waals surface area contributed by atoms with Gasteiger partial charge in [-0.05, 0) is 0 Å². The Bertz CT molecular complexity index is 32.6. The molecule has 5 heavy (non-hydrogen) atoms. The molecular formula is C2H8AsNO. The van der Waals surface area contributed by atoms with Gasteiger partial charge in [-0.1, -0.05) is 0 Å². The van der Waals surface area contributed by atoms with Crippen LogP contribution in [0.5, 0.6) is 0 Å². The van der Waals surface area contributed by atoms with Crippen molar-refractivity contribution in [3.8, 4) is 0 Å². The second-order valence-electron chi connectivity index (χ2n) is 0.611. The first-order chi connectivity index (χ1) is 1.73. The average molecular weight is 137 g/mol. The summed E-state index contributed by atoms with van der Waals surface area (Å²) in [5.41, 5.74) is 0. The van der Waals surface area contributed by atoms with Crippen LogP contribution < -0.4 is 6.15 Å². The Labute approximate surface area is 40.0 Å². The van der Waals surface area contributed by atoms with Gasteiger partial charge in [0.2, 0.25) is 0 Å². The van der Waals surface area contributed by atoms with Crippen molar-refractivity contribution in [1.29, 1.82) is 0 Å². The standard InChI is InChI=1S/C2H5AsO.H3N/c1-2(3)4;/h3H2,1H3;1H3. The molecule has 0 spiro atoms. The molecule has 0 saturated heterocycles. The molecule has 3 heteroatoms. The first-order valence-corrected chi connectivity index (χ1v) is 2.20. The van der Waals surface area contributed by atoms with Crippen molar-refractivity contribution < 1.29 is 4.79 Å². The molecule has 0 saturated carbocycles. The number of carbonyl (C=O) groups excluding carboxylic acids is 1. The van der Waals surface area contributed by atoms with Gasteiger partial charge in [0, 0.05) is 0 Å². The van der Waals surface area contributed by atoms with E-state index in [9.17, 15) is 4.79 Å². The molecule has 0 heterocycles. The maximum Gasteiger partial charge on any atom is -0.344 e. The molecule has 0 amide bonds. The molecule has 0 aliphatic heterocycles. The van der Waals surface area contributed by atoms with E-state index in [4.69, 9.17) is 0 Å². The fourth-order valence-electron chi connectivity index (χ4n) is 0. The van der Waals surface area contributed by atoms with E-state index >= 15 is 0 Å². The first-order valence-electron chi connectivity index (χ1n) is 0.993. The van der Waals surface area contributed by atoms with Gasteiger partial charge in [0.15, 0.2) is 0 Å². The molecule has 0 aromatic heterocycles. The monoisotopic (exact) mass is 137 g/mol. The Kier molecular flexibility index (Phi) is 7.50. The largest absolute Gasteiger partial charge is 0.344 e. The fourth-order valence-corrected chi connectivity index (χ4v) is 0. The summed E-state index contributed by atoms with van der Waals surface area (Å²) in [5.74, 6) is 0. The minimum Gasteiger partial charge on any atom is -0.344 e. The van der Waals surface area contributed by atoms with Crippen molar-refractivity contribution in [2.24, 2.45) is 0 Å². The van der Waals surface area contributed by atoms with Crippen LogP contribution in [0.4, 0.5) is 0 Å². The van der Waals surface area contributed by atoms with E-state index in [1.807, 2.05) is 0 Å². The van der Waals surface area contributed by atoms with E-state index in [0.29, 0.717) is 0 Å². The molecule has 0 rings (SSSR count). The van der Waals surface area contributed by atoms with Crippen molar-refractivity contribution in [3.63, 3.8) is 0 Å². The van der Waals surface area contributed by atoms with Crippen LogP contribution in [0.3, 0.4) is 0 Å². The summed E-state index contributed by atoms with van der Waals surface area (Å²) >= 11 is 1.16. The minimum absolute atomic E-state index is 0. The summed E-state index contributed by atoms with van der Waals surface area (Å²) in [5, 5.41) is 0. The summed E-state index contributed by atoms with van der Waals surface area (Å²) in [6.07, 6.45) is 0. The van der Waals surface area contributed by atoms with Crippen molar-refractivity contribution in [2.75, 3.05) is 0 Å². The van der Waals surface area contributed by atoms with Crippen LogP contribution >= 0.6 is 0 Å². The Morgan fingerprint density at radius 1 is 1.80 bits per heavy atom. The number of hydrogen-bond donors (Lipinski definition) is 1. The maximum atomic E-state index is 9.47. The van der Waals surface area contributed by atoms with Crippen LogP contribution in [0.1, 0.15) is 6.92 Å². The minimum atomic E-state index is 0. The molecule has 0 radical (unpaired) electrons. The molecule has 0 bridgehead atoms. The van der Waals surface area contributed by atoms with Crippen LogP contribution in [0, 0.1) is 0 Å². The van der Waals surface area contributed by atoms with Gasteiger partial charge in [0.05, 0.1) is 0 Å². The molecule has 0 aliphatic rings. The number of carbonyl (C=O) groups is 1. The molecule has 1 unspecified atom stereocenters. The van der Waals surface area contributed by atoms with E-state index in [1.54, 1.807) is 6.92 Å². The normalized spacial score (nSPS) is 5.20. The number of rotatable bonds is 0. The predicted molar refractivity (Wildman–Crippen MR) is 24.2 cm³/mol. The van der Waals surface area contributed by atoms with E-state index in [2.05, 4.69) is 0 Å². The third kappa shape index (κ3) is 565. The van der Waals surface area contributed by atoms with Crippen LogP contribution in [-0.2, 0) is 4.79 Å². The zero-order valence-corrected chi connectivity index (χ0v) is 5.62.